The van der Waals surface area contributed by atoms with Crippen molar-refractivity contribution in [3.8, 4) is 0 Å². The van der Waals surface area contributed by atoms with Gasteiger partial charge in [-0.05, 0) is 19.8 Å². The second-order valence-corrected chi connectivity index (χ2v) is 5.24. The number of hydrogen-bond donors (Lipinski definition) is 2. The topological polar surface area (TPSA) is 45.7 Å². The number of halogens is 1. The molecule has 1 aliphatic carbocycles. The van der Waals surface area contributed by atoms with E-state index in [1.54, 1.807) is 7.11 Å². The van der Waals surface area contributed by atoms with Gasteiger partial charge in [-0.3, -0.25) is 4.99 Å². The van der Waals surface area contributed by atoms with E-state index >= 15 is 0 Å². The largest absolute Gasteiger partial charge is 0.381 e. The number of ether oxygens (including phenoxy) is 1. The first-order chi connectivity index (χ1) is 8.06. The summed E-state index contributed by atoms with van der Waals surface area (Å²) in [6, 6.07) is 0.446. The van der Waals surface area contributed by atoms with Crippen LogP contribution in [0.1, 0.15) is 40.5 Å². The molecule has 0 bridgehead atoms. The number of aliphatic imine (C=N–C) groups is 1. The maximum absolute atomic E-state index is 5.45. The second-order valence-electron chi connectivity index (χ2n) is 5.24. The van der Waals surface area contributed by atoms with Gasteiger partial charge in [0.15, 0.2) is 5.96 Å². The van der Waals surface area contributed by atoms with Crippen molar-refractivity contribution in [3.63, 3.8) is 0 Å². The lowest BCUT2D eigenvalue weighted by atomic mass is 9.64. The smallest absolute Gasteiger partial charge is 0.191 e. The van der Waals surface area contributed by atoms with Crippen LogP contribution in [0.5, 0.6) is 0 Å². The van der Waals surface area contributed by atoms with Crippen molar-refractivity contribution in [2.45, 2.75) is 52.7 Å². The van der Waals surface area contributed by atoms with Crippen molar-refractivity contribution in [2.75, 3.05) is 20.2 Å². The standard InChI is InChI=1S/C13H27N3O.HI/c1-6-8-15-12(14-7-2)16-10-9-11(17-5)13(10,3)4;/h10-11H,6-9H2,1-5H3,(H2,14,15,16);1H. The van der Waals surface area contributed by atoms with Crippen LogP contribution in [0.3, 0.4) is 0 Å². The number of methoxy groups -OCH3 is 1. The summed E-state index contributed by atoms with van der Waals surface area (Å²) in [5.74, 6) is 0.932. The fraction of sp³-hybridized carbons (Fsp3) is 0.923. The third-order valence-corrected chi connectivity index (χ3v) is 3.61. The Hall–Kier alpha value is -0.0400. The Labute approximate surface area is 128 Å². The number of rotatable bonds is 5. The van der Waals surface area contributed by atoms with Crippen molar-refractivity contribution >= 4 is 29.9 Å². The van der Waals surface area contributed by atoms with E-state index < -0.39 is 0 Å². The van der Waals surface area contributed by atoms with E-state index in [-0.39, 0.29) is 29.4 Å². The van der Waals surface area contributed by atoms with Gasteiger partial charge in [-0.15, -0.1) is 24.0 Å². The van der Waals surface area contributed by atoms with Crippen LogP contribution < -0.4 is 10.6 Å². The van der Waals surface area contributed by atoms with Crippen molar-refractivity contribution < 1.29 is 4.74 Å². The van der Waals surface area contributed by atoms with Gasteiger partial charge in [-0.1, -0.05) is 20.8 Å². The monoisotopic (exact) mass is 369 g/mol. The molecule has 0 radical (unpaired) electrons. The Bertz CT molecular complexity index is 269. The predicted molar refractivity (Wildman–Crippen MR) is 87.8 cm³/mol. The van der Waals surface area contributed by atoms with Gasteiger partial charge in [-0.2, -0.15) is 0 Å². The molecule has 108 valence electrons. The lowest BCUT2D eigenvalue weighted by Gasteiger charge is -2.51. The van der Waals surface area contributed by atoms with E-state index in [2.05, 4.69) is 43.3 Å². The summed E-state index contributed by atoms with van der Waals surface area (Å²) < 4.78 is 5.45. The van der Waals surface area contributed by atoms with Crippen LogP contribution in [-0.2, 0) is 4.74 Å². The van der Waals surface area contributed by atoms with Crippen molar-refractivity contribution in [1.29, 1.82) is 0 Å². The van der Waals surface area contributed by atoms with Crippen LogP contribution >= 0.6 is 24.0 Å². The first kappa shape index (κ1) is 18.0. The van der Waals surface area contributed by atoms with Crippen LogP contribution in [0.2, 0.25) is 0 Å². The second kappa shape index (κ2) is 8.19. The van der Waals surface area contributed by atoms with E-state index in [0.29, 0.717) is 12.1 Å². The molecule has 1 saturated carbocycles. The average Bonchev–Trinajstić information content (AvgIpc) is 2.30. The van der Waals surface area contributed by atoms with Crippen molar-refractivity contribution in [3.05, 3.63) is 0 Å². The van der Waals surface area contributed by atoms with E-state index in [1.807, 2.05) is 0 Å². The molecule has 18 heavy (non-hydrogen) atoms. The number of guanidine groups is 1. The highest BCUT2D eigenvalue weighted by atomic mass is 127. The highest BCUT2D eigenvalue weighted by molar-refractivity contribution is 14.0. The molecule has 0 saturated heterocycles. The van der Waals surface area contributed by atoms with Gasteiger partial charge in [0, 0.05) is 31.7 Å². The average molecular weight is 369 g/mol. The summed E-state index contributed by atoms with van der Waals surface area (Å²) in [5.41, 5.74) is 0.178. The molecule has 2 atom stereocenters. The summed E-state index contributed by atoms with van der Waals surface area (Å²) in [5, 5.41) is 6.79. The predicted octanol–water partition coefficient (Wildman–Crippen LogP) is 2.38. The molecule has 0 aromatic rings. The summed E-state index contributed by atoms with van der Waals surface area (Å²) >= 11 is 0. The maximum atomic E-state index is 5.45. The zero-order chi connectivity index (χ0) is 12.9. The molecular weight excluding hydrogens is 341 g/mol. The van der Waals surface area contributed by atoms with Crippen LogP contribution in [0.25, 0.3) is 0 Å². The molecule has 0 aliphatic heterocycles. The van der Waals surface area contributed by atoms with Crippen LogP contribution in [0, 0.1) is 5.41 Å². The molecule has 1 aliphatic rings. The highest BCUT2D eigenvalue weighted by Gasteiger charge is 2.48. The van der Waals surface area contributed by atoms with Gasteiger partial charge < -0.3 is 15.4 Å². The number of nitrogens with zero attached hydrogens (tertiary/aromatic N) is 1. The molecular formula is C13H28IN3O. The number of nitrogens with one attached hydrogen (secondary N) is 2. The molecule has 4 nitrogen and oxygen atoms in total. The summed E-state index contributed by atoms with van der Waals surface area (Å²) in [6.45, 7) is 10.5. The molecule has 2 N–H and O–H groups in total. The normalized spacial score (nSPS) is 25.9. The fourth-order valence-corrected chi connectivity index (χ4v) is 2.24. The molecule has 0 amide bonds. The lowest BCUT2D eigenvalue weighted by molar-refractivity contribution is -0.0922. The maximum Gasteiger partial charge on any atom is 0.191 e. The zero-order valence-corrected chi connectivity index (χ0v) is 14.6. The molecule has 2 unspecified atom stereocenters. The molecule has 0 heterocycles. The SMILES string of the molecule is CCCN=C(NCC)NC1CC(OC)C1(C)C.I. The minimum Gasteiger partial charge on any atom is -0.381 e. The Kier molecular flexibility index (Phi) is 8.18. The van der Waals surface area contributed by atoms with Crippen LogP contribution in [0.4, 0.5) is 0 Å². The van der Waals surface area contributed by atoms with Gasteiger partial charge >= 0.3 is 0 Å². The summed E-state index contributed by atoms with van der Waals surface area (Å²) in [6.07, 6.45) is 2.49. The molecule has 1 rings (SSSR count). The van der Waals surface area contributed by atoms with Crippen molar-refractivity contribution in [2.24, 2.45) is 10.4 Å². The van der Waals surface area contributed by atoms with Crippen LogP contribution in [0.15, 0.2) is 4.99 Å². The third-order valence-electron chi connectivity index (χ3n) is 3.61. The van der Waals surface area contributed by atoms with Gasteiger partial charge in [-0.25, -0.2) is 0 Å². The molecule has 0 spiro atoms. The van der Waals surface area contributed by atoms with Crippen molar-refractivity contribution in [1.82, 2.24) is 10.6 Å². The van der Waals surface area contributed by atoms with Gasteiger partial charge in [0.25, 0.3) is 0 Å². The van der Waals surface area contributed by atoms with E-state index in [9.17, 15) is 0 Å². The Morgan fingerprint density at radius 1 is 1.39 bits per heavy atom. The Balaban J connectivity index is 0.00000289. The molecule has 5 heteroatoms. The Morgan fingerprint density at radius 3 is 2.50 bits per heavy atom. The van der Waals surface area contributed by atoms with Gasteiger partial charge in [0.2, 0.25) is 0 Å². The van der Waals surface area contributed by atoms with E-state index in [1.165, 1.54) is 0 Å². The minimum absolute atomic E-state index is 0. The Morgan fingerprint density at radius 2 is 2.06 bits per heavy atom. The summed E-state index contributed by atoms with van der Waals surface area (Å²) in [7, 11) is 1.79. The molecule has 1 fully saturated rings. The van der Waals surface area contributed by atoms with Gasteiger partial charge in [0.1, 0.15) is 0 Å². The quantitative estimate of drug-likeness (QED) is 0.444. The molecule has 0 aromatic heterocycles. The van der Waals surface area contributed by atoms with E-state index in [4.69, 9.17) is 4.74 Å². The van der Waals surface area contributed by atoms with E-state index in [0.717, 1.165) is 31.9 Å². The molecule has 0 aromatic carbocycles. The first-order valence-corrected chi connectivity index (χ1v) is 6.63. The van der Waals surface area contributed by atoms with Crippen LogP contribution in [-0.4, -0.2) is 38.3 Å². The lowest BCUT2D eigenvalue weighted by Crippen LogP contribution is -2.63. The first-order valence-electron chi connectivity index (χ1n) is 6.63. The number of hydrogen-bond acceptors (Lipinski definition) is 2. The fourth-order valence-electron chi connectivity index (χ4n) is 2.24. The minimum atomic E-state index is 0. The zero-order valence-electron chi connectivity index (χ0n) is 12.2. The summed E-state index contributed by atoms with van der Waals surface area (Å²) in [4.78, 5) is 4.52. The third kappa shape index (κ3) is 4.26. The van der Waals surface area contributed by atoms with Gasteiger partial charge in [0.05, 0.1) is 6.10 Å². The highest BCUT2D eigenvalue weighted by Crippen LogP contribution is 2.42.